The van der Waals surface area contributed by atoms with Gasteiger partial charge in [0.25, 0.3) is 0 Å². The van der Waals surface area contributed by atoms with Gasteiger partial charge in [-0.15, -0.1) is 0 Å². The van der Waals surface area contributed by atoms with E-state index in [1.54, 1.807) is 18.1 Å². The molecule has 0 amide bonds. The van der Waals surface area contributed by atoms with E-state index in [1.807, 2.05) is 0 Å². The Morgan fingerprint density at radius 1 is 0.556 bits per heavy atom. The summed E-state index contributed by atoms with van der Waals surface area (Å²) in [7, 11) is -5.25. The summed E-state index contributed by atoms with van der Waals surface area (Å²) >= 11 is 0. The molecule has 0 fully saturated rings. The molecule has 1 unspecified atom stereocenters. The van der Waals surface area contributed by atoms with E-state index < -0.39 is 31.3 Å². The summed E-state index contributed by atoms with van der Waals surface area (Å²) in [6, 6.07) is 9.47. The first kappa shape index (κ1) is 27.9. The third-order valence-electron chi connectivity index (χ3n) is 9.32. The number of hydrogen-bond donors (Lipinski definition) is 0. The molecular weight excluding hydrogens is 389 g/mol. The Bertz CT molecular complexity index is 395. The lowest BCUT2D eigenvalue weighted by Crippen LogP contribution is -2.77. The molecule has 0 aliphatic rings. The highest BCUT2D eigenvalue weighted by atomic mass is 29.3. The van der Waals surface area contributed by atoms with Gasteiger partial charge in [-0.25, -0.2) is 0 Å². The summed E-state index contributed by atoms with van der Waals surface area (Å²) in [6.45, 7) is 32.2. The maximum atomic E-state index is 2.96. The van der Waals surface area contributed by atoms with Crippen LogP contribution in [-0.2, 0) is 0 Å². The molecule has 4 heteroatoms. The number of rotatable bonds is 14. The van der Waals surface area contributed by atoms with Crippen LogP contribution in [0.2, 0.25) is 73.3 Å². The minimum atomic E-state index is -1.40. The monoisotopic (exact) mass is 444 g/mol. The molecule has 0 aliphatic heterocycles. The first-order valence-electron chi connectivity index (χ1n) is 12.4. The molecule has 0 nitrogen and oxygen atoms in total. The highest BCUT2D eigenvalue weighted by Crippen LogP contribution is 2.63. The van der Waals surface area contributed by atoms with Crippen molar-refractivity contribution in [3.05, 3.63) is 0 Å². The molecular formula is C23H56Si4. The lowest BCUT2D eigenvalue weighted by Gasteiger charge is -2.68. The Labute approximate surface area is 178 Å². The van der Waals surface area contributed by atoms with Gasteiger partial charge in [0, 0.05) is 23.3 Å². The van der Waals surface area contributed by atoms with Crippen LogP contribution in [0.3, 0.4) is 0 Å². The SMILES string of the molecule is CCC[Si](CCC)(CCC)[Si](C)(C)C(CC)([Si](C)(C)C)[Si](CC)(CC)CC. The van der Waals surface area contributed by atoms with Gasteiger partial charge in [-0.05, 0) is 4.28 Å². The van der Waals surface area contributed by atoms with Gasteiger partial charge in [0.1, 0.15) is 0 Å². The second-order valence-corrected chi connectivity index (χ2v) is 38.5. The molecule has 0 aliphatic carbocycles. The summed E-state index contributed by atoms with van der Waals surface area (Å²) in [5, 5.41) is 0. The second-order valence-electron chi connectivity index (χ2n) is 11.0. The fourth-order valence-corrected chi connectivity index (χ4v) is 65.0. The van der Waals surface area contributed by atoms with Crippen molar-refractivity contribution in [1.29, 1.82) is 0 Å². The highest BCUT2D eigenvalue weighted by molar-refractivity contribution is 7.48. The minimum absolute atomic E-state index is 0.803. The van der Waals surface area contributed by atoms with Gasteiger partial charge in [0.2, 0.25) is 0 Å². The maximum absolute atomic E-state index is 2.96. The van der Waals surface area contributed by atoms with Crippen LogP contribution in [0.15, 0.2) is 0 Å². The molecule has 0 heterocycles. The molecule has 0 saturated carbocycles. The van der Waals surface area contributed by atoms with E-state index in [-0.39, 0.29) is 0 Å². The van der Waals surface area contributed by atoms with Crippen molar-refractivity contribution in [2.45, 2.75) is 147 Å². The molecule has 0 radical (unpaired) electrons. The lowest BCUT2D eigenvalue weighted by molar-refractivity contribution is 0.810. The van der Waals surface area contributed by atoms with Crippen molar-refractivity contribution in [3.63, 3.8) is 0 Å². The Morgan fingerprint density at radius 2 is 0.889 bits per heavy atom. The zero-order valence-electron chi connectivity index (χ0n) is 21.6. The Hall–Kier alpha value is 0.868. The van der Waals surface area contributed by atoms with E-state index in [2.05, 4.69) is 81.2 Å². The molecule has 0 spiro atoms. The third kappa shape index (κ3) is 4.48. The first-order chi connectivity index (χ1) is 12.4. The summed E-state index contributed by atoms with van der Waals surface area (Å²) in [4.78, 5) is 0. The van der Waals surface area contributed by atoms with Crippen molar-refractivity contribution in [2.75, 3.05) is 0 Å². The lowest BCUT2D eigenvalue weighted by atomic mass is 10.5. The van der Waals surface area contributed by atoms with Gasteiger partial charge in [-0.3, -0.25) is 0 Å². The summed E-state index contributed by atoms with van der Waals surface area (Å²) in [6.07, 6.45) is 5.82. The molecule has 164 valence electrons. The maximum Gasteiger partial charge on any atom is 0.0535 e. The Morgan fingerprint density at radius 3 is 1.07 bits per heavy atom. The van der Waals surface area contributed by atoms with Crippen molar-refractivity contribution in [3.8, 4) is 0 Å². The van der Waals surface area contributed by atoms with Gasteiger partial charge >= 0.3 is 0 Å². The summed E-state index contributed by atoms with van der Waals surface area (Å²) in [5.41, 5.74) is 0. The second kappa shape index (κ2) is 10.8. The average Bonchev–Trinajstić information content (AvgIpc) is 2.58. The standard InChI is InChI=1S/C23H56Si4/c1-13-20-27(21-14-2,22-15-3)25(11,12)23(16-4,24(8,9)10)26(17-5,18-6)19-7/h13-22H2,1-12H3. The van der Waals surface area contributed by atoms with Gasteiger partial charge < -0.3 is 0 Å². The smallest absolute Gasteiger partial charge is 0.0535 e. The van der Waals surface area contributed by atoms with Crippen LogP contribution in [0.1, 0.15) is 74.1 Å². The molecule has 1 atom stereocenters. The summed E-state index contributed by atoms with van der Waals surface area (Å²) < 4.78 is 0.803. The summed E-state index contributed by atoms with van der Waals surface area (Å²) in [5.74, 6) is 0. The van der Waals surface area contributed by atoms with Gasteiger partial charge in [0.15, 0.2) is 0 Å². The van der Waals surface area contributed by atoms with Crippen LogP contribution in [0, 0.1) is 0 Å². The zero-order chi connectivity index (χ0) is 21.6. The topological polar surface area (TPSA) is 0 Å². The minimum Gasteiger partial charge on any atom is -0.0713 e. The third-order valence-corrected chi connectivity index (χ3v) is 52.4. The van der Waals surface area contributed by atoms with E-state index >= 15 is 0 Å². The van der Waals surface area contributed by atoms with Crippen molar-refractivity contribution in [2.24, 2.45) is 0 Å². The van der Waals surface area contributed by atoms with E-state index in [9.17, 15) is 0 Å². The van der Waals surface area contributed by atoms with Crippen LogP contribution in [0.25, 0.3) is 0 Å². The number of hydrogen-bond acceptors (Lipinski definition) is 0. The van der Waals surface area contributed by atoms with Crippen LogP contribution in [-0.4, -0.2) is 31.3 Å². The van der Waals surface area contributed by atoms with Gasteiger partial charge in [0.05, 0.1) is 8.07 Å². The fourth-order valence-electron chi connectivity index (χ4n) is 8.60. The molecule has 0 saturated heterocycles. The molecule has 0 rings (SSSR count). The van der Waals surface area contributed by atoms with Crippen LogP contribution in [0.4, 0.5) is 0 Å². The molecule has 0 aromatic carbocycles. The first-order valence-corrected chi connectivity index (χ1v) is 25.2. The molecule has 27 heavy (non-hydrogen) atoms. The van der Waals surface area contributed by atoms with E-state index in [4.69, 9.17) is 0 Å². The average molecular weight is 445 g/mol. The van der Waals surface area contributed by atoms with E-state index in [0.29, 0.717) is 0 Å². The fraction of sp³-hybridized carbons (Fsp3) is 1.00. The zero-order valence-corrected chi connectivity index (χ0v) is 25.6. The normalized spacial score (nSPS) is 16.4. The quantitative estimate of drug-likeness (QED) is 0.234. The van der Waals surface area contributed by atoms with Crippen molar-refractivity contribution in [1.82, 2.24) is 0 Å². The Balaban J connectivity index is 7.11. The van der Waals surface area contributed by atoms with Gasteiger partial charge in [-0.1, -0.05) is 143 Å². The molecule has 0 bridgehead atoms. The Kier molecular flexibility index (Phi) is 11.1. The molecule has 0 aromatic rings. The highest BCUT2D eigenvalue weighted by Gasteiger charge is 2.68. The predicted molar refractivity (Wildman–Crippen MR) is 142 cm³/mol. The molecule has 0 N–H and O–H groups in total. The van der Waals surface area contributed by atoms with E-state index in [0.717, 1.165) is 4.28 Å². The van der Waals surface area contributed by atoms with Crippen LogP contribution >= 0.6 is 0 Å². The largest absolute Gasteiger partial charge is 0.0713 e. The van der Waals surface area contributed by atoms with Crippen LogP contribution in [0.5, 0.6) is 0 Å². The van der Waals surface area contributed by atoms with Crippen molar-refractivity contribution < 1.29 is 0 Å². The van der Waals surface area contributed by atoms with E-state index in [1.165, 1.54) is 43.8 Å². The van der Waals surface area contributed by atoms with Gasteiger partial charge in [-0.2, -0.15) is 0 Å². The molecule has 0 aromatic heterocycles. The van der Waals surface area contributed by atoms with Crippen molar-refractivity contribution >= 4 is 31.3 Å². The predicted octanol–water partition coefficient (Wildman–Crippen LogP) is 9.53. The van der Waals surface area contributed by atoms with Crippen LogP contribution < -0.4 is 0 Å².